The summed E-state index contributed by atoms with van der Waals surface area (Å²) in [5.41, 5.74) is 1.11. The number of rotatable bonds is 7. The highest BCUT2D eigenvalue weighted by atomic mass is 16.5. The zero-order chi connectivity index (χ0) is 17.2. The van der Waals surface area contributed by atoms with Crippen LogP contribution in [0.3, 0.4) is 0 Å². The van der Waals surface area contributed by atoms with Gasteiger partial charge in [-0.05, 0) is 24.1 Å². The van der Waals surface area contributed by atoms with Gasteiger partial charge in [0.25, 0.3) is 5.91 Å². The highest BCUT2D eigenvalue weighted by molar-refractivity contribution is 5.97. The van der Waals surface area contributed by atoms with Crippen LogP contribution in [0.5, 0.6) is 0 Å². The topological polar surface area (TPSA) is 79.2 Å². The minimum Gasteiger partial charge on any atom is -0.464 e. The van der Waals surface area contributed by atoms with Crippen molar-refractivity contribution in [2.75, 3.05) is 6.61 Å². The second-order valence-corrected chi connectivity index (χ2v) is 5.11. The molecule has 1 unspecified atom stereocenters. The van der Waals surface area contributed by atoms with Crippen LogP contribution in [-0.4, -0.2) is 18.5 Å². The van der Waals surface area contributed by atoms with Crippen molar-refractivity contribution in [3.63, 3.8) is 0 Å². The molecule has 122 valence electrons. The molecular weight excluding hydrogens is 304 g/mol. The molecule has 0 spiro atoms. The van der Waals surface area contributed by atoms with Crippen molar-refractivity contribution in [2.45, 2.75) is 18.9 Å². The molecule has 2 aromatic rings. The lowest BCUT2D eigenvalue weighted by Gasteiger charge is -2.18. The second-order valence-electron chi connectivity index (χ2n) is 5.11. The highest BCUT2D eigenvalue weighted by Crippen LogP contribution is 2.16. The maximum absolute atomic E-state index is 12.4. The summed E-state index contributed by atoms with van der Waals surface area (Å²) in [4.78, 5) is 24.7. The molecule has 0 fully saturated rings. The molecule has 0 saturated heterocycles. The summed E-state index contributed by atoms with van der Waals surface area (Å²) in [6.45, 7) is 0.150. The first-order valence-electron chi connectivity index (χ1n) is 7.67. The fraction of sp³-hybridized carbons (Fsp3) is 0.211. The Hall–Kier alpha value is -3.13. The third kappa shape index (κ3) is 4.96. The fourth-order valence-electron chi connectivity index (χ4n) is 2.14. The lowest BCUT2D eigenvalue weighted by molar-refractivity contribution is -0.146. The number of nitrogens with zero attached hydrogens (tertiary/aromatic N) is 1. The number of esters is 1. The molecule has 0 aliphatic heterocycles. The molecule has 5 heteroatoms. The van der Waals surface area contributed by atoms with Crippen LogP contribution in [0.25, 0.3) is 0 Å². The predicted octanol–water partition coefficient (Wildman–Crippen LogP) is 3.00. The van der Waals surface area contributed by atoms with Gasteiger partial charge in [0.1, 0.15) is 0 Å². The molecule has 0 aromatic heterocycles. The normalized spacial score (nSPS) is 11.1. The summed E-state index contributed by atoms with van der Waals surface area (Å²) in [5, 5.41) is 11.2. The van der Waals surface area contributed by atoms with Gasteiger partial charge in [-0.15, -0.1) is 0 Å². The van der Waals surface area contributed by atoms with Crippen LogP contribution in [0.4, 0.5) is 0 Å². The van der Waals surface area contributed by atoms with Gasteiger partial charge < -0.3 is 10.1 Å². The fourth-order valence-corrected chi connectivity index (χ4v) is 2.14. The van der Waals surface area contributed by atoms with E-state index in [1.165, 1.54) is 0 Å². The average molecular weight is 322 g/mol. The van der Waals surface area contributed by atoms with Crippen molar-refractivity contribution in [3.8, 4) is 6.07 Å². The predicted molar refractivity (Wildman–Crippen MR) is 88.9 cm³/mol. The third-order valence-corrected chi connectivity index (χ3v) is 3.36. The zero-order valence-electron chi connectivity index (χ0n) is 13.1. The Bertz CT molecular complexity index is 708. The summed E-state index contributed by atoms with van der Waals surface area (Å²) in [6.07, 6.45) is 0.788. The molecular formula is C19H18N2O3. The van der Waals surface area contributed by atoms with Gasteiger partial charge in [-0.25, -0.2) is 4.79 Å². The van der Waals surface area contributed by atoms with E-state index >= 15 is 0 Å². The van der Waals surface area contributed by atoms with Gasteiger partial charge in [0.05, 0.1) is 12.7 Å². The molecule has 0 radical (unpaired) electrons. The van der Waals surface area contributed by atoms with Crippen LogP contribution in [0.15, 0.2) is 60.7 Å². The molecule has 0 aliphatic rings. The Morgan fingerprint density at radius 3 is 2.29 bits per heavy atom. The maximum atomic E-state index is 12.4. The van der Waals surface area contributed by atoms with E-state index in [1.807, 2.05) is 18.2 Å². The Labute approximate surface area is 140 Å². The number of nitriles is 1. The zero-order valence-corrected chi connectivity index (χ0v) is 13.1. The second kappa shape index (κ2) is 9.11. The SMILES string of the molecule is N#CCCCOC(=O)C(NC(=O)c1ccccc1)c1ccccc1. The Morgan fingerprint density at radius 2 is 1.67 bits per heavy atom. The molecule has 0 aliphatic carbocycles. The largest absolute Gasteiger partial charge is 0.464 e. The van der Waals surface area contributed by atoms with Crippen LogP contribution in [-0.2, 0) is 9.53 Å². The molecule has 0 heterocycles. The molecule has 1 N–H and O–H groups in total. The van der Waals surface area contributed by atoms with Crippen LogP contribution in [0.1, 0.15) is 34.8 Å². The van der Waals surface area contributed by atoms with E-state index in [2.05, 4.69) is 5.32 Å². The van der Waals surface area contributed by atoms with Gasteiger partial charge in [0, 0.05) is 12.0 Å². The molecule has 2 aromatic carbocycles. The van der Waals surface area contributed by atoms with Crippen LogP contribution >= 0.6 is 0 Å². The quantitative estimate of drug-likeness (QED) is 0.628. The Kier molecular flexibility index (Phi) is 6.54. The van der Waals surface area contributed by atoms with Crippen molar-refractivity contribution in [1.82, 2.24) is 5.32 Å². The lowest BCUT2D eigenvalue weighted by atomic mass is 10.1. The van der Waals surface area contributed by atoms with Gasteiger partial charge in [0.15, 0.2) is 6.04 Å². The molecule has 1 amide bonds. The van der Waals surface area contributed by atoms with Crippen molar-refractivity contribution in [2.24, 2.45) is 0 Å². The number of ether oxygens (including phenoxy) is 1. The number of carbonyl (C=O) groups excluding carboxylic acids is 2. The van der Waals surface area contributed by atoms with Gasteiger partial charge in [-0.2, -0.15) is 5.26 Å². The number of benzene rings is 2. The summed E-state index contributed by atoms with van der Waals surface area (Å²) < 4.78 is 5.19. The summed E-state index contributed by atoms with van der Waals surface area (Å²) in [5.74, 6) is -0.887. The van der Waals surface area contributed by atoms with E-state index in [1.54, 1.807) is 48.5 Å². The summed E-state index contributed by atoms with van der Waals surface area (Å²) in [6, 6.07) is 18.7. The van der Waals surface area contributed by atoms with E-state index in [0.717, 1.165) is 0 Å². The third-order valence-electron chi connectivity index (χ3n) is 3.36. The van der Waals surface area contributed by atoms with Crippen LogP contribution in [0, 0.1) is 11.3 Å². The first-order chi connectivity index (χ1) is 11.7. The number of hydrogen-bond acceptors (Lipinski definition) is 4. The summed E-state index contributed by atoms with van der Waals surface area (Å²) >= 11 is 0. The average Bonchev–Trinajstić information content (AvgIpc) is 2.64. The van der Waals surface area contributed by atoms with Crippen LogP contribution in [0.2, 0.25) is 0 Å². The Balaban J connectivity index is 2.10. The number of nitrogens with one attached hydrogen (secondary N) is 1. The van der Waals surface area contributed by atoms with E-state index in [-0.39, 0.29) is 12.5 Å². The molecule has 0 bridgehead atoms. The monoisotopic (exact) mass is 322 g/mol. The molecule has 0 saturated carbocycles. The van der Waals surface area contributed by atoms with Crippen molar-refractivity contribution < 1.29 is 14.3 Å². The molecule has 24 heavy (non-hydrogen) atoms. The number of hydrogen-bond donors (Lipinski definition) is 1. The Morgan fingerprint density at radius 1 is 1.04 bits per heavy atom. The first kappa shape index (κ1) is 17.2. The van der Waals surface area contributed by atoms with Gasteiger partial charge >= 0.3 is 5.97 Å². The van der Waals surface area contributed by atoms with E-state index in [9.17, 15) is 9.59 Å². The lowest BCUT2D eigenvalue weighted by Crippen LogP contribution is -2.35. The minimum atomic E-state index is -0.888. The first-order valence-corrected chi connectivity index (χ1v) is 7.67. The van der Waals surface area contributed by atoms with Crippen molar-refractivity contribution in [1.29, 1.82) is 5.26 Å². The summed E-state index contributed by atoms with van der Waals surface area (Å²) in [7, 11) is 0. The van der Waals surface area contributed by atoms with Crippen molar-refractivity contribution >= 4 is 11.9 Å². The number of unbranched alkanes of at least 4 members (excludes halogenated alkanes) is 1. The minimum absolute atomic E-state index is 0.150. The standard InChI is InChI=1S/C19H18N2O3/c20-13-7-8-14-24-19(23)17(15-9-3-1-4-10-15)21-18(22)16-11-5-2-6-12-16/h1-6,9-12,17H,7-8,14H2,(H,21,22). The van der Waals surface area contributed by atoms with E-state index in [0.29, 0.717) is 24.0 Å². The highest BCUT2D eigenvalue weighted by Gasteiger charge is 2.24. The maximum Gasteiger partial charge on any atom is 0.333 e. The molecule has 2 rings (SSSR count). The molecule has 1 atom stereocenters. The molecule has 5 nitrogen and oxygen atoms in total. The van der Waals surface area contributed by atoms with Gasteiger partial charge in [0.2, 0.25) is 0 Å². The van der Waals surface area contributed by atoms with E-state index < -0.39 is 12.0 Å². The van der Waals surface area contributed by atoms with Crippen LogP contribution < -0.4 is 5.32 Å². The van der Waals surface area contributed by atoms with Crippen molar-refractivity contribution in [3.05, 3.63) is 71.8 Å². The van der Waals surface area contributed by atoms with E-state index in [4.69, 9.17) is 10.00 Å². The van der Waals surface area contributed by atoms with Gasteiger partial charge in [-0.3, -0.25) is 4.79 Å². The van der Waals surface area contributed by atoms with Gasteiger partial charge in [-0.1, -0.05) is 48.5 Å². The number of amides is 1. The smallest absolute Gasteiger partial charge is 0.333 e. The number of carbonyl (C=O) groups is 2.